The standard InChI is InChI=1S/C10H15ClN4/c1-7-6-13-10(14-9(7)11)15-4-2-3-8(15)5-12/h6,8H,2-5,12H2,1H3/t8-/m0/s1. The minimum absolute atomic E-state index is 0.365. The number of nitrogens with zero attached hydrogens (tertiary/aromatic N) is 3. The predicted octanol–water partition coefficient (Wildman–Crippen LogP) is 1.37. The fourth-order valence-corrected chi connectivity index (χ4v) is 2.02. The summed E-state index contributed by atoms with van der Waals surface area (Å²) in [7, 11) is 0. The lowest BCUT2D eigenvalue weighted by atomic mass is 10.2. The second-order valence-electron chi connectivity index (χ2n) is 3.87. The lowest BCUT2D eigenvalue weighted by molar-refractivity contribution is 0.664. The van der Waals surface area contributed by atoms with Crippen molar-refractivity contribution >= 4 is 17.5 Å². The van der Waals surface area contributed by atoms with Crippen molar-refractivity contribution in [1.29, 1.82) is 0 Å². The number of halogens is 1. The summed E-state index contributed by atoms with van der Waals surface area (Å²) in [5.41, 5.74) is 6.61. The Labute approximate surface area is 94.5 Å². The maximum Gasteiger partial charge on any atom is 0.227 e. The Balaban J connectivity index is 2.25. The topological polar surface area (TPSA) is 55.0 Å². The van der Waals surface area contributed by atoms with Crippen molar-refractivity contribution in [3.05, 3.63) is 16.9 Å². The van der Waals surface area contributed by atoms with E-state index in [-0.39, 0.29) is 0 Å². The van der Waals surface area contributed by atoms with Crippen LogP contribution >= 0.6 is 11.6 Å². The summed E-state index contributed by atoms with van der Waals surface area (Å²) in [5.74, 6) is 0.707. The highest BCUT2D eigenvalue weighted by molar-refractivity contribution is 6.30. The number of anilines is 1. The van der Waals surface area contributed by atoms with Gasteiger partial charge in [-0.3, -0.25) is 0 Å². The largest absolute Gasteiger partial charge is 0.337 e. The average molecular weight is 227 g/mol. The van der Waals surface area contributed by atoms with E-state index >= 15 is 0 Å². The molecule has 1 fully saturated rings. The Hall–Kier alpha value is -0.870. The molecule has 4 nitrogen and oxygen atoms in total. The lowest BCUT2D eigenvalue weighted by Crippen LogP contribution is -2.36. The molecule has 1 aliphatic heterocycles. The Bertz CT molecular complexity index is 355. The molecule has 0 aliphatic carbocycles. The van der Waals surface area contributed by atoms with Crippen LogP contribution in [0.5, 0.6) is 0 Å². The number of rotatable bonds is 2. The number of hydrogen-bond donors (Lipinski definition) is 1. The summed E-state index contributed by atoms with van der Waals surface area (Å²) < 4.78 is 0. The van der Waals surface area contributed by atoms with E-state index in [9.17, 15) is 0 Å². The lowest BCUT2D eigenvalue weighted by Gasteiger charge is -2.23. The Morgan fingerprint density at radius 2 is 2.47 bits per heavy atom. The van der Waals surface area contributed by atoms with E-state index in [1.165, 1.54) is 0 Å². The number of aryl methyl sites for hydroxylation is 1. The molecule has 2 heterocycles. The van der Waals surface area contributed by atoms with Crippen LogP contribution < -0.4 is 10.6 Å². The molecule has 2 N–H and O–H groups in total. The molecular formula is C10H15ClN4. The Morgan fingerprint density at radius 1 is 1.67 bits per heavy atom. The van der Waals surface area contributed by atoms with Crippen molar-refractivity contribution < 1.29 is 0 Å². The molecule has 0 unspecified atom stereocenters. The second kappa shape index (κ2) is 4.33. The zero-order valence-electron chi connectivity index (χ0n) is 8.78. The molecule has 0 bridgehead atoms. The summed E-state index contributed by atoms with van der Waals surface area (Å²) in [6.07, 6.45) is 4.03. The van der Waals surface area contributed by atoms with Crippen molar-refractivity contribution in [2.75, 3.05) is 18.0 Å². The van der Waals surface area contributed by atoms with Gasteiger partial charge in [-0.2, -0.15) is 0 Å². The maximum atomic E-state index is 5.97. The molecule has 2 rings (SSSR count). The van der Waals surface area contributed by atoms with E-state index in [2.05, 4.69) is 14.9 Å². The van der Waals surface area contributed by atoms with Crippen LogP contribution in [-0.2, 0) is 0 Å². The molecule has 1 saturated heterocycles. The first-order valence-electron chi connectivity index (χ1n) is 5.18. The first-order valence-corrected chi connectivity index (χ1v) is 5.56. The summed E-state index contributed by atoms with van der Waals surface area (Å²) in [4.78, 5) is 10.7. The fraction of sp³-hybridized carbons (Fsp3) is 0.600. The van der Waals surface area contributed by atoms with Gasteiger partial charge in [0, 0.05) is 30.9 Å². The van der Waals surface area contributed by atoms with Crippen molar-refractivity contribution in [2.45, 2.75) is 25.8 Å². The maximum absolute atomic E-state index is 5.97. The van der Waals surface area contributed by atoms with E-state index in [1.54, 1.807) is 6.20 Å². The van der Waals surface area contributed by atoms with E-state index in [1.807, 2.05) is 6.92 Å². The SMILES string of the molecule is Cc1cnc(N2CCC[C@H]2CN)nc1Cl. The Kier molecular flexibility index (Phi) is 3.07. The van der Waals surface area contributed by atoms with Crippen LogP contribution in [0.15, 0.2) is 6.20 Å². The van der Waals surface area contributed by atoms with Gasteiger partial charge in [0.25, 0.3) is 0 Å². The highest BCUT2D eigenvalue weighted by Gasteiger charge is 2.25. The highest BCUT2D eigenvalue weighted by Crippen LogP contribution is 2.23. The fourth-order valence-electron chi connectivity index (χ4n) is 1.90. The quantitative estimate of drug-likeness (QED) is 0.774. The molecule has 1 atom stereocenters. The van der Waals surface area contributed by atoms with Crippen LogP contribution in [0, 0.1) is 6.92 Å². The van der Waals surface area contributed by atoms with Crippen LogP contribution in [-0.4, -0.2) is 29.1 Å². The molecule has 1 aliphatic rings. The van der Waals surface area contributed by atoms with Gasteiger partial charge < -0.3 is 10.6 Å². The van der Waals surface area contributed by atoms with Gasteiger partial charge in [0.15, 0.2) is 0 Å². The molecule has 1 aromatic heterocycles. The van der Waals surface area contributed by atoms with Gasteiger partial charge in [-0.15, -0.1) is 0 Å². The summed E-state index contributed by atoms with van der Waals surface area (Å²) >= 11 is 5.97. The van der Waals surface area contributed by atoms with E-state index in [0.29, 0.717) is 23.7 Å². The monoisotopic (exact) mass is 226 g/mol. The molecule has 1 aromatic rings. The first kappa shape index (κ1) is 10.6. The predicted molar refractivity (Wildman–Crippen MR) is 61.2 cm³/mol. The zero-order chi connectivity index (χ0) is 10.8. The van der Waals surface area contributed by atoms with Gasteiger partial charge in [-0.05, 0) is 19.8 Å². The van der Waals surface area contributed by atoms with E-state index in [0.717, 1.165) is 24.9 Å². The molecule has 15 heavy (non-hydrogen) atoms. The third-order valence-corrected chi connectivity index (χ3v) is 3.19. The molecular weight excluding hydrogens is 212 g/mol. The van der Waals surface area contributed by atoms with Gasteiger partial charge >= 0.3 is 0 Å². The third-order valence-electron chi connectivity index (χ3n) is 2.80. The van der Waals surface area contributed by atoms with Gasteiger partial charge in [0.2, 0.25) is 5.95 Å². The molecule has 5 heteroatoms. The van der Waals surface area contributed by atoms with Gasteiger partial charge in [-0.25, -0.2) is 9.97 Å². The van der Waals surface area contributed by atoms with E-state index in [4.69, 9.17) is 17.3 Å². The summed E-state index contributed by atoms with van der Waals surface area (Å²) in [6, 6.07) is 0.365. The zero-order valence-corrected chi connectivity index (χ0v) is 9.54. The van der Waals surface area contributed by atoms with Crippen LogP contribution in [0.1, 0.15) is 18.4 Å². The minimum Gasteiger partial charge on any atom is -0.337 e. The van der Waals surface area contributed by atoms with Gasteiger partial charge in [-0.1, -0.05) is 11.6 Å². The molecule has 82 valence electrons. The molecule has 0 amide bonds. The van der Waals surface area contributed by atoms with Crippen molar-refractivity contribution in [1.82, 2.24) is 9.97 Å². The summed E-state index contributed by atoms with van der Waals surface area (Å²) in [6.45, 7) is 3.52. The van der Waals surface area contributed by atoms with Crippen molar-refractivity contribution in [3.8, 4) is 0 Å². The molecule has 0 radical (unpaired) electrons. The Morgan fingerprint density at radius 3 is 3.13 bits per heavy atom. The van der Waals surface area contributed by atoms with Crippen molar-refractivity contribution in [2.24, 2.45) is 5.73 Å². The number of aromatic nitrogens is 2. The van der Waals surface area contributed by atoms with Crippen LogP contribution in [0.25, 0.3) is 0 Å². The molecule has 0 aromatic carbocycles. The minimum atomic E-state index is 0.365. The highest BCUT2D eigenvalue weighted by atomic mass is 35.5. The number of nitrogens with two attached hydrogens (primary N) is 1. The molecule has 0 spiro atoms. The van der Waals surface area contributed by atoms with E-state index < -0.39 is 0 Å². The average Bonchev–Trinajstić information content (AvgIpc) is 2.70. The van der Waals surface area contributed by atoms with Crippen LogP contribution in [0.2, 0.25) is 5.15 Å². The normalized spacial score (nSPS) is 21.0. The second-order valence-corrected chi connectivity index (χ2v) is 4.23. The van der Waals surface area contributed by atoms with Crippen LogP contribution in [0.4, 0.5) is 5.95 Å². The molecule has 0 saturated carbocycles. The van der Waals surface area contributed by atoms with Crippen molar-refractivity contribution in [3.63, 3.8) is 0 Å². The van der Waals surface area contributed by atoms with Crippen LogP contribution in [0.3, 0.4) is 0 Å². The van der Waals surface area contributed by atoms with Gasteiger partial charge in [0.1, 0.15) is 5.15 Å². The summed E-state index contributed by atoms with van der Waals surface area (Å²) in [5, 5.41) is 0.530. The number of hydrogen-bond acceptors (Lipinski definition) is 4. The first-order chi connectivity index (χ1) is 7.22. The third kappa shape index (κ3) is 2.06. The van der Waals surface area contributed by atoms with Gasteiger partial charge in [0.05, 0.1) is 0 Å². The smallest absolute Gasteiger partial charge is 0.227 e.